The summed E-state index contributed by atoms with van der Waals surface area (Å²) in [5, 5.41) is 0. The molecule has 11 nitrogen and oxygen atoms in total. The topological polar surface area (TPSA) is 102 Å². The molecule has 11 atom stereocenters. The van der Waals surface area contributed by atoms with Gasteiger partial charge < -0.3 is 52.1 Å². The first-order valence-corrected chi connectivity index (χ1v) is 22.3. The average Bonchev–Trinajstić information content (AvgIpc) is 3.76. The molecule has 0 aliphatic carbocycles. The van der Waals surface area contributed by atoms with E-state index in [0.29, 0.717) is 25.6 Å². The zero-order valence-corrected chi connectivity index (χ0v) is 35.9. The molecule has 0 aromatic heterocycles. The number of hydrogen-bond donors (Lipinski definition) is 0. The monoisotopic (exact) mass is 842 g/mol. The van der Waals surface area contributed by atoms with Crippen LogP contribution in [-0.2, 0) is 71.9 Å². The third-order valence-electron chi connectivity index (χ3n) is 11.0. The van der Waals surface area contributed by atoms with E-state index in [2.05, 4.69) is 30.5 Å². The van der Waals surface area contributed by atoms with Crippen LogP contribution < -0.4 is 0 Å². The largest absolute Gasteiger partial charge is 0.374 e. The fraction of sp³-hybridized carbons (Fsp3) is 0.500. The Bertz CT molecular complexity index is 1890. The van der Waals surface area contributed by atoms with Gasteiger partial charge in [0.1, 0.15) is 48.8 Å². The Kier molecular flexibility index (Phi) is 14.4. The molecule has 4 aliphatic rings. The summed E-state index contributed by atoms with van der Waals surface area (Å²) >= 11 is 1.70. The van der Waals surface area contributed by atoms with Crippen LogP contribution >= 0.6 is 11.8 Å². The molecule has 8 rings (SSSR count). The molecule has 4 aromatic carbocycles. The highest BCUT2D eigenvalue weighted by atomic mass is 32.2. The zero-order valence-electron chi connectivity index (χ0n) is 35.0. The predicted octanol–water partition coefficient (Wildman–Crippen LogP) is 8.00. The van der Waals surface area contributed by atoms with Gasteiger partial charge in [-0.25, -0.2) is 0 Å². The third kappa shape index (κ3) is 10.9. The van der Waals surface area contributed by atoms with E-state index >= 15 is 0 Å². The van der Waals surface area contributed by atoms with Crippen molar-refractivity contribution in [3.8, 4) is 0 Å². The van der Waals surface area contributed by atoms with Gasteiger partial charge in [-0.15, -0.1) is 0 Å². The maximum atomic E-state index is 7.23. The van der Waals surface area contributed by atoms with Gasteiger partial charge in [0.15, 0.2) is 24.2 Å². The van der Waals surface area contributed by atoms with Gasteiger partial charge in [0.2, 0.25) is 0 Å². The van der Waals surface area contributed by atoms with E-state index in [0.717, 1.165) is 22.3 Å². The van der Waals surface area contributed by atoms with Crippen LogP contribution in [0.5, 0.6) is 0 Å². The van der Waals surface area contributed by atoms with Crippen LogP contribution in [-0.4, -0.2) is 98.2 Å². The Balaban J connectivity index is 1.13. The lowest BCUT2D eigenvalue weighted by atomic mass is 9.97. The SMILES string of the molecule is CSC[C@@H](O[C@H]1[C@@H](OC[C@H]2O[C@@H]3OC(C)(C)O[C@@H]3[C@H]3OC(C)(C)O[C@H]32)O[C@H](COCc2ccccc2)[C@@H](OCc2ccccc2)[C@@H]1OCc1ccccc1)c1ccccc1. The molecule has 12 heteroatoms. The minimum Gasteiger partial charge on any atom is -0.374 e. The molecule has 4 heterocycles. The Morgan fingerprint density at radius 1 is 0.533 bits per heavy atom. The van der Waals surface area contributed by atoms with Crippen LogP contribution in [0.3, 0.4) is 0 Å². The number of fused-ring (bicyclic) bond motifs is 3. The van der Waals surface area contributed by atoms with Crippen molar-refractivity contribution in [1.29, 1.82) is 0 Å². The van der Waals surface area contributed by atoms with Crippen LogP contribution in [0.4, 0.5) is 0 Å². The second-order valence-electron chi connectivity index (χ2n) is 16.6. The summed E-state index contributed by atoms with van der Waals surface area (Å²) in [6.45, 7) is 8.85. The summed E-state index contributed by atoms with van der Waals surface area (Å²) in [6, 6.07) is 40.5. The average molecular weight is 843 g/mol. The molecule has 322 valence electrons. The van der Waals surface area contributed by atoms with E-state index in [1.54, 1.807) is 11.8 Å². The number of hydrogen-bond acceptors (Lipinski definition) is 12. The number of thioether (sulfide) groups is 1. The molecule has 4 fully saturated rings. The van der Waals surface area contributed by atoms with Crippen molar-refractivity contribution in [1.82, 2.24) is 0 Å². The van der Waals surface area contributed by atoms with Gasteiger partial charge in [-0.1, -0.05) is 121 Å². The van der Waals surface area contributed by atoms with Crippen LogP contribution in [0.25, 0.3) is 0 Å². The second-order valence-corrected chi connectivity index (χ2v) is 17.5. The maximum absolute atomic E-state index is 7.23. The van der Waals surface area contributed by atoms with Gasteiger partial charge in [-0.05, 0) is 56.2 Å². The summed E-state index contributed by atoms with van der Waals surface area (Å²) < 4.78 is 73.5. The summed E-state index contributed by atoms with van der Waals surface area (Å²) in [4.78, 5) is 0. The molecule has 0 saturated carbocycles. The molecule has 0 unspecified atom stereocenters. The summed E-state index contributed by atoms with van der Waals surface area (Å²) in [7, 11) is 0. The van der Waals surface area contributed by atoms with Gasteiger partial charge in [0.05, 0.1) is 39.1 Å². The normalized spacial score (nSPS) is 31.0. The van der Waals surface area contributed by atoms with Crippen molar-refractivity contribution < 1.29 is 52.1 Å². The van der Waals surface area contributed by atoms with Gasteiger partial charge in [-0.3, -0.25) is 0 Å². The highest BCUT2D eigenvalue weighted by Crippen LogP contribution is 2.45. The molecule has 60 heavy (non-hydrogen) atoms. The minimum atomic E-state index is -0.937. The minimum absolute atomic E-state index is 0.0786. The number of benzene rings is 4. The van der Waals surface area contributed by atoms with Crippen LogP contribution in [0.2, 0.25) is 0 Å². The van der Waals surface area contributed by atoms with Crippen molar-refractivity contribution in [2.24, 2.45) is 0 Å². The lowest BCUT2D eigenvalue weighted by Crippen LogP contribution is -2.63. The lowest BCUT2D eigenvalue weighted by molar-refractivity contribution is -0.340. The molecule has 4 aromatic rings. The molecule has 0 radical (unpaired) electrons. The molecule has 0 N–H and O–H groups in total. The second kappa shape index (κ2) is 19.9. The van der Waals surface area contributed by atoms with Crippen LogP contribution in [0.15, 0.2) is 121 Å². The fourth-order valence-corrected chi connectivity index (χ4v) is 8.90. The van der Waals surface area contributed by atoms with E-state index in [1.165, 1.54) is 0 Å². The van der Waals surface area contributed by atoms with Gasteiger partial charge in [0.25, 0.3) is 0 Å². The van der Waals surface area contributed by atoms with Crippen molar-refractivity contribution >= 4 is 11.8 Å². The standard InChI is InChI=1S/C48H58O11S/c1-47(2)56-40-37(55-46-44(42(40)57-47)58-48(3,4)59-46)30-52-45-43(53-38(31-60-5)35-24-16-9-17-25-35)41(51-28-34-22-14-8-15-23-34)39(50-27-33-20-12-7-13-21-33)36(54-45)29-49-26-32-18-10-6-11-19-32/h6-25,36-46H,26-31H2,1-5H3/t36-,37-,38-,39-,40+,41+,42+,43-,44-,45+,46-/m1/s1. The number of ether oxygens (including phenoxy) is 11. The van der Waals surface area contributed by atoms with E-state index in [-0.39, 0.29) is 19.3 Å². The summed E-state index contributed by atoms with van der Waals surface area (Å²) in [6.07, 6.45) is -4.48. The molecule has 4 aliphatic heterocycles. The smallest absolute Gasteiger partial charge is 0.190 e. The van der Waals surface area contributed by atoms with E-state index in [4.69, 9.17) is 52.1 Å². The highest BCUT2D eigenvalue weighted by molar-refractivity contribution is 7.98. The van der Waals surface area contributed by atoms with E-state index < -0.39 is 73.0 Å². The summed E-state index contributed by atoms with van der Waals surface area (Å²) in [5.74, 6) is -1.04. The highest BCUT2D eigenvalue weighted by Gasteiger charge is 2.61. The van der Waals surface area contributed by atoms with Gasteiger partial charge in [-0.2, -0.15) is 11.8 Å². The molecule has 0 bridgehead atoms. The van der Waals surface area contributed by atoms with E-state index in [1.807, 2.05) is 125 Å². The van der Waals surface area contributed by atoms with Crippen LogP contribution in [0, 0.1) is 0 Å². The Labute approximate surface area is 358 Å². The maximum Gasteiger partial charge on any atom is 0.190 e. The lowest BCUT2D eigenvalue weighted by Gasteiger charge is -2.47. The predicted molar refractivity (Wildman–Crippen MR) is 226 cm³/mol. The van der Waals surface area contributed by atoms with Crippen molar-refractivity contribution in [3.63, 3.8) is 0 Å². The van der Waals surface area contributed by atoms with Gasteiger partial charge >= 0.3 is 0 Å². The number of rotatable bonds is 18. The Hall–Kier alpha value is -3.21. The molecule has 0 amide bonds. The molecular weight excluding hydrogens is 785 g/mol. The summed E-state index contributed by atoms with van der Waals surface area (Å²) in [5.41, 5.74) is 4.12. The first-order chi connectivity index (χ1) is 29.1. The van der Waals surface area contributed by atoms with Crippen molar-refractivity contribution in [2.45, 2.75) is 127 Å². The van der Waals surface area contributed by atoms with Crippen molar-refractivity contribution in [2.75, 3.05) is 25.2 Å². The first-order valence-electron chi connectivity index (χ1n) is 20.9. The molecule has 0 spiro atoms. The fourth-order valence-electron chi connectivity index (χ4n) is 8.32. The Morgan fingerprint density at radius 2 is 1.07 bits per heavy atom. The quantitative estimate of drug-likeness (QED) is 0.0971. The van der Waals surface area contributed by atoms with Crippen molar-refractivity contribution in [3.05, 3.63) is 144 Å². The molecular formula is C48H58O11S. The first kappa shape index (κ1) is 43.4. The van der Waals surface area contributed by atoms with Crippen LogP contribution in [0.1, 0.15) is 56.1 Å². The Morgan fingerprint density at radius 3 is 1.68 bits per heavy atom. The zero-order chi connectivity index (χ0) is 41.5. The van der Waals surface area contributed by atoms with E-state index in [9.17, 15) is 0 Å². The molecule has 4 saturated heterocycles. The van der Waals surface area contributed by atoms with Gasteiger partial charge in [0, 0.05) is 5.75 Å². The third-order valence-corrected chi connectivity index (χ3v) is 11.7.